The minimum atomic E-state index is -3.66. The van der Waals surface area contributed by atoms with E-state index in [1.165, 1.54) is 20.6 Å². The summed E-state index contributed by atoms with van der Waals surface area (Å²) in [5.41, 5.74) is 1.04. The van der Waals surface area contributed by atoms with Crippen molar-refractivity contribution in [2.45, 2.75) is 39.0 Å². The molecule has 10 heteroatoms. The van der Waals surface area contributed by atoms with E-state index < -0.39 is 28.1 Å². The quantitative estimate of drug-likeness (QED) is 0.598. The third-order valence-electron chi connectivity index (χ3n) is 5.95. The normalized spacial score (nSPS) is 21.7. The molecule has 1 unspecified atom stereocenters. The van der Waals surface area contributed by atoms with Crippen molar-refractivity contribution in [3.05, 3.63) is 35.9 Å². The van der Waals surface area contributed by atoms with E-state index in [2.05, 4.69) is 0 Å². The summed E-state index contributed by atoms with van der Waals surface area (Å²) in [6.07, 6.45) is 0.234. The van der Waals surface area contributed by atoms with Crippen LogP contribution in [-0.4, -0.2) is 84.3 Å². The molecule has 9 nitrogen and oxygen atoms in total. The molecule has 2 atom stereocenters. The maximum Gasteiger partial charge on any atom is 0.326 e. The zero-order chi connectivity index (χ0) is 22.8. The number of carboxylic acids is 1. The first kappa shape index (κ1) is 23.6. The molecule has 1 aromatic rings. The Morgan fingerprint density at radius 2 is 1.81 bits per heavy atom. The molecule has 172 valence electrons. The van der Waals surface area contributed by atoms with Crippen LogP contribution in [0.3, 0.4) is 0 Å². The van der Waals surface area contributed by atoms with Crippen molar-refractivity contribution in [3.8, 4) is 0 Å². The number of nitrogens with zero attached hydrogens (tertiary/aromatic N) is 3. The van der Waals surface area contributed by atoms with Crippen molar-refractivity contribution in [2.75, 3.05) is 33.2 Å². The molecule has 0 aromatic heterocycles. The summed E-state index contributed by atoms with van der Waals surface area (Å²) < 4.78 is 34.3. The third-order valence-corrected chi connectivity index (χ3v) is 7.88. The van der Waals surface area contributed by atoms with Crippen LogP contribution in [0.25, 0.3) is 0 Å². The number of rotatable bonds is 9. The maximum atomic E-state index is 12.9. The molecule has 2 aliphatic rings. The van der Waals surface area contributed by atoms with Crippen molar-refractivity contribution in [1.82, 2.24) is 13.5 Å². The average Bonchev–Trinajstić information content (AvgIpc) is 3.17. The van der Waals surface area contributed by atoms with E-state index in [0.717, 1.165) is 5.56 Å². The summed E-state index contributed by atoms with van der Waals surface area (Å²) >= 11 is 0. The Balaban J connectivity index is 1.51. The smallest absolute Gasteiger partial charge is 0.326 e. The maximum absolute atomic E-state index is 12.9. The fourth-order valence-electron chi connectivity index (χ4n) is 4.11. The number of benzene rings is 1. The average molecular weight is 454 g/mol. The van der Waals surface area contributed by atoms with Gasteiger partial charge in [0.15, 0.2) is 0 Å². The highest BCUT2D eigenvalue weighted by molar-refractivity contribution is 7.86. The molecule has 1 N–H and O–H groups in total. The number of ether oxygens (including phenoxy) is 1. The lowest BCUT2D eigenvalue weighted by atomic mass is 10.0. The Morgan fingerprint density at radius 1 is 1.16 bits per heavy atom. The molecule has 0 aliphatic carbocycles. The highest BCUT2D eigenvalue weighted by Crippen LogP contribution is 2.27. The van der Waals surface area contributed by atoms with Crippen LogP contribution in [0, 0.1) is 11.8 Å². The molecular formula is C21H31N3O6S. The summed E-state index contributed by atoms with van der Waals surface area (Å²) in [6, 6.07) is 8.77. The van der Waals surface area contributed by atoms with Crippen molar-refractivity contribution in [1.29, 1.82) is 0 Å². The molecule has 1 amide bonds. The molecule has 0 bridgehead atoms. The van der Waals surface area contributed by atoms with Gasteiger partial charge in [0.05, 0.1) is 18.6 Å². The second-order valence-corrected chi connectivity index (χ2v) is 10.5. The van der Waals surface area contributed by atoms with Crippen molar-refractivity contribution < 1.29 is 27.9 Å². The fourth-order valence-corrected chi connectivity index (χ4v) is 5.85. The predicted molar refractivity (Wildman–Crippen MR) is 114 cm³/mol. The van der Waals surface area contributed by atoms with E-state index in [0.29, 0.717) is 26.1 Å². The van der Waals surface area contributed by atoms with Gasteiger partial charge in [0, 0.05) is 33.2 Å². The molecular weight excluding hydrogens is 422 g/mol. The Labute approximate surface area is 183 Å². The number of likely N-dealkylation sites (N-methyl/N-ethyl adjacent to an activating group) is 1. The second-order valence-electron chi connectivity index (χ2n) is 8.56. The van der Waals surface area contributed by atoms with Crippen LogP contribution < -0.4 is 0 Å². The Hall–Kier alpha value is -2.01. The lowest BCUT2D eigenvalue weighted by molar-refractivity contribution is -0.152. The van der Waals surface area contributed by atoms with E-state index in [-0.39, 0.29) is 31.0 Å². The molecule has 1 aromatic carbocycles. The lowest BCUT2D eigenvalue weighted by Crippen LogP contribution is -2.58. The number of amides is 1. The van der Waals surface area contributed by atoms with Gasteiger partial charge >= 0.3 is 5.97 Å². The third kappa shape index (κ3) is 5.25. The molecule has 2 fully saturated rings. The summed E-state index contributed by atoms with van der Waals surface area (Å²) in [6.45, 7) is 4.83. The first-order chi connectivity index (χ1) is 14.6. The summed E-state index contributed by atoms with van der Waals surface area (Å²) in [5, 5.41) is 9.42. The summed E-state index contributed by atoms with van der Waals surface area (Å²) in [5.74, 6) is -2.17. The van der Waals surface area contributed by atoms with E-state index >= 15 is 0 Å². The molecule has 3 rings (SSSR count). The van der Waals surface area contributed by atoms with E-state index in [1.54, 1.807) is 13.8 Å². The zero-order valence-electron chi connectivity index (χ0n) is 18.2. The first-order valence-corrected chi connectivity index (χ1v) is 11.9. The van der Waals surface area contributed by atoms with Gasteiger partial charge in [0.1, 0.15) is 6.04 Å². The van der Waals surface area contributed by atoms with Crippen molar-refractivity contribution in [3.63, 3.8) is 0 Å². The number of carbonyl (C=O) groups is 2. The Kier molecular flexibility index (Phi) is 7.35. The minimum Gasteiger partial charge on any atom is -0.480 e. The van der Waals surface area contributed by atoms with Crippen LogP contribution in [0.4, 0.5) is 0 Å². The van der Waals surface area contributed by atoms with Gasteiger partial charge in [-0.1, -0.05) is 44.2 Å². The number of hydrogen-bond donors (Lipinski definition) is 1. The molecule has 0 saturated carbocycles. The van der Waals surface area contributed by atoms with Crippen LogP contribution in [0.5, 0.6) is 0 Å². The lowest BCUT2D eigenvalue weighted by Gasteiger charge is -2.39. The molecule has 0 radical (unpaired) electrons. The number of hydrogen-bond acceptors (Lipinski definition) is 5. The van der Waals surface area contributed by atoms with Crippen LogP contribution >= 0.6 is 0 Å². The van der Waals surface area contributed by atoms with Crippen molar-refractivity contribution >= 4 is 22.1 Å². The number of aliphatic carboxylic acids is 1. The monoisotopic (exact) mass is 453 g/mol. The Morgan fingerprint density at radius 3 is 2.39 bits per heavy atom. The summed E-state index contributed by atoms with van der Waals surface area (Å²) in [4.78, 5) is 25.6. The van der Waals surface area contributed by atoms with E-state index in [1.807, 2.05) is 30.3 Å². The fraction of sp³-hybridized carbons (Fsp3) is 0.619. The van der Waals surface area contributed by atoms with Gasteiger partial charge in [-0.2, -0.15) is 17.0 Å². The number of carbonyl (C=O) groups excluding carboxylic acids is 1. The summed E-state index contributed by atoms with van der Waals surface area (Å²) in [7, 11) is -2.19. The Bertz CT molecular complexity index is 886. The van der Waals surface area contributed by atoms with Crippen LogP contribution in [0.15, 0.2) is 30.3 Å². The minimum absolute atomic E-state index is 0.0714. The molecule has 2 aliphatic heterocycles. The van der Waals surface area contributed by atoms with Gasteiger partial charge in [0.2, 0.25) is 5.91 Å². The van der Waals surface area contributed by atoms with Gasteiger partial charge in [-0.15, -0.1) is 0 Å². The van der Waals surface area contributed by atoms with Crippen molar-refractivity contribution in [2.24, 2.45) is 11.8 Å². The largest absolute Gasteiger partial charge is 0.480 e. The topological polar surface area (TPSA) is 107 Å². The van der Waals surface area contributed by atoms with Crippen LogP contribution in [0.1, 0.15) is 25.8 Å². The number of carboxylic acid groups (broad SMARTS) is 1. The van der Waals surface area contributed by atoms with Crippen LogP contribution in [0.2, 0.25) is 0 Å². The zero-order valence-corrected chi connectivity index (χ0v) is 19.0. The molecule has 2 saturated heterocycles. The van der Waals surface area contributed by atoms with E-state index in [4.69, 9.17) is 4.74 Å². The van der Waals surface area contributed by atoms with Gasteiger partial charge in [-0.25, -0.2) is 4.79 Å². The SMILES string of the molecule is CC(C)C(C(=O)O)N(C)C(=O)[C@H]1CCN(S(=O)(=O)N2CC(OCc3ccccc3)C2)C1. The van der Waals surface area contributed by atoms with Crippen LogP contribution in [-0.2, 0) is 31.1 Å². The standard InChI is InChI=1S/C21H31N3O6S/c1-15(2)19(21(26)27)22(3)20(25)17-9-10-23(11-17)31(28,29)24-12-18(13-24)30-14-16-7-5-4-6-8-16/h4-8,15,17-19H,9-14H2,1-3H3,(H,26,27)/t17-,19?/m0/s1. The van der Waals surface area contributed by atoms with Gasteiger partial charge in [-0.05, 0) is 17.9 Å². The molecule has 0 spiro atoms. The van der Waals surface area contributed by atoms with Gasteiger partial charge in [0.25, 0.3) is 10.2 Å². The van der Waals surface area contributed by atoms with E-state index in [9.17, 15) is 23.1 Å². The molecule has 2 heterocycles. The first-order valence-electron chi connectivity index (χ1n) is 10.5. The predicted octanol–water partition coefficient (Wildman–Crippen LogP) is 1.02. The van der Waals surface area contributed by atoms with Gasteiger partial charge in [-0.3, -0.25) is 4.79 Å². The molecule has 31 heavy (non-hydrogen) atoms. The second kappa shape index (κ2) is 9.64. The van der Waals surface area contributed by atoms with Gasteiger partial charge < -0.3 is 14.7 Å². The highest BCUT2D eigenvalue weighted by atomic mass is 32.2. The highest BCUT2D eigenvalue weighted by Gasteiger charge is 2.44.